The van der Waals surface area contributed by atoms with Crippen molar-refractivity contribution in [2.45, 2.75) is 30.6 Å². The Balaban J connectivity index is 1.73. The second-order valence-electron chi connectivity index (χ2n) is 11.2. The number of methoxy groups -OCH3 is 3. The number of rotatable bonds is 6. The van der Waals surface area contributed by atoms with Gasteiger partial charge in [0.05, 0.1) is 33.0 Å². The largest absolute Gasteiger partial charge is 0.507 e. The standard InChI is InChI=1S/C30H34N2O10/c1-32(2)22-16-11-12-10-15-13(14-7-9-18(40-3)26(42-5)25(14)41-4)6-8-17(33)20(15)23(34)19(12)27(36)30(16,39)28(37)21(24(22)35)29(31)38/h6-9,12,16,21-22,24,33-35,39H,10-11H2,1-5H3,(H2,31,38)/t12-,16-,21?,22-,24?,30-/m0/s1. The molecule has 12 heteroatoms. The number of Topliss-reactive ketones (excluding diaryl/α,β-unsaturated/α-hetero) is 2. The van der Waals surface area contributed by atoms with Crippen molar-refractivity contribution in [3.8, 4) is 34.1 Å². The zero-order valence-electron chi connectivity index (χ0n) is 23.9. The number of ether oxygens (including phenoxy) is 3. The maximum Gasteiger partial charge on any atom is 0.230 e. The summed E-state index contributed by atoms with van der Waals surface area (Å²) in [4.78, 5) is 41.3. The van der Waals surface area contributed by atoms with Gasteiger partial charge in [-0.3, -0.25) is 14.4 Å². The average molecular weight is 583 g/mol. The van der Waals surface area contributed by atoms with Gasteiger partial charge in [-0.25, -0.2) is 0 Å². The second-order valence-corrected chi connectivity index (χ2v) is 11.2. The summed E-state index contributed by atoms with van der Waals surface area (Å²) < 4.78 is 16.6. The van der Waals surface area contributed by atoms with E-state index in [4.69, 9.17) is 19.9 Å². The summed E-state index contributed by atoms with van der Waals surface area (Å²) in [6, 6.07) is 5.48. The molecule has 0 spiro atoms. The molecule has 0 aromatic heterocycles. The summed E-state index contributed by atoms with van der Waals surface area (Å²) >= 11 is 0. The Bertz CT molecular complexity index is 1530. The molecule has 0 radical (unpaired) electrons. The highest BCUT2D eigenvalue weighted by Crippen LogP contribution is 2.54. The van der Waals surface area contributed by atoms with Crippen LogP contribution in [0, 0.1) is 17.8 Å². The van der Waals surface area contributed by atoms with Gasteiger partial charge >= 0.3 is 0 Å². The van der Waals surface area contributed by atoms with Crippen LogP contribution in [-0.2, 0) is 20.8 Å². The molecule has 6 N–H and O–H groups in total. The van der Waals surface area contributed by atoms with Crippen molar-refractivity contribution < 1.29 is 49.0 Å². The number of aliphatic hydroxyl groups excluding tert-OH is 2. The number of aromatic hydroxyl groups is 1. The quantitative estimate of drug-likeness (QED) is 0.303. The Labute approximate surface area is 241 Å². The SMILES string of the molecule is COc1ccc(-c2ccc(O)c3c2C[C@H]2C[C@H]4[C@H](N(C)C)C(O)C(C(N)=O)C(=O)[C@@]4(O)C(=O)C2=C3O)c(OC)c1OC. The highest BCUT2D eigenvalue weighted by molar-refractivity contribution is 6.25. The Morgan fingerprint density at radius 1 is 1.00 bits per heavy atom. The summed E-state index contributed by atoms with van der Waals surface area (Å²) in [6.45, 7) is 0. The van der Waals surface area contributed by atoms with E-state index in [0.717, 1.165) is 0 Å². The summed E-state index contributed by atoms with van der Waals surface area (Å²) in [5.41, 5.74) is 4.12. The number of nitrogens with zero attached hydrogens (tertiary/aromatic N) is 1. The van der Waals surface area contributed by atoms with Crippen LogP contribution in [0.15, 0.2) is 29.8 Å². The molecule has 1 amide bonds. The van der Waals surface area contributed by atoms with Crippen LogP contribution in [0.4, 0.5) is 0 Å². The number of nitrogens with two attached hydrogens (primary N) is 1. The third-order valence-electron chi connectivity index (χ3n) is 8.97. The summed E-state index contributed by atoms with van der Waals surface area (Å²) in [5, 5.41) is 45.2. The molecule has 0 aliphatic heterocycles. The van der Waals surface area contributed by atoms with E-state index in [2.05, 4.69) is 0 Å². The molecule has 2 aromatic carbocycles. The van der Waals surface area contributed by atoms with Crippen LogP contribution in [0.5, 0.6) is 23.0 Å². The molecule has 3 aliphatic rings. The van der Waals surface area contributed by atoms with Crippen LogP contribution in [0.25, 0.3) is 16.9 Å². The van der Waals surface area contributed by atoms with Crippen LogP contribution in [0.3, 0.4) is 0 Å². The van der Waals surface area contributed by atoms with Gasteiger partial charge in [0.2, 0.25) is 17.4 Å². The first-order chi connectivity index (χ1) is 19.8. The maximum absolute atomic E-state index is 14.0. The van der Waals surface area contributed by atoms with Gasteiger partial charge in [-0.1, -0.05) is 6.07 Å². The number of primary amides is 1. The molecule has 224 valence electrons. The average Bonchev–Trinajstić information content (AvgIpc) is 2.93. The van der Waals surface area contributed by atoms with Gasteiger partial charge in [0, 0.05) is 23.1 Å². The van der Waals surface area contributed by atoms with Gasteiger partial charge in [-0.05, 0) is 62.2 Å². The topological polar surface area (TPSA) is 189 Å². The number of benzene rings is 2. The Kier molecular flexibility index (Phi) is 7.20. The van der Waals surface area contributed by atoms with Crippen molar-refractivity contribution in [2.24, 2.45) is 23.5 Å². The third-order valence-corrected chi connectivity index (χ3v) is 8.97. The number of carbonyl (C=O) groups is 3. The van der Waals surface area contributed by atoms with Crippen molar-refractivity contribution in [3.63, 3.8) is 0 Å². The number of phenolic OH excluding ortho intramolecular Hbond substituents is 1. The van der Waals surface area contributed by atoms with Gasteiger partial charge in [0.1, 0.15) is 17.4 Å². The molecular weight excluding hydrogens is 548 g/mol. The lowest BCUT2D eigenvalue weighted by Gasteiger charge is -2.53. The van der Waals surface area contributed by atoms with Crippen molar-refractivity contribution in [1.29, 1.82) is 0 Å². The van der Waals surface area contributed by atoms with Crippen molar-refractivity contribution in [3.05, 3.63) is 41.0 Å². The van der Waals surface area contributed by atoms with E-state index >= 15 is 0 Å². The van der Waals surface area contributed by atoms with Crippen LogP contribution >= 0.6 is 0 Å². The molecule has 6 atom stereocenters. The molecular formula is C30H34N2O10. The van der Waals surface area contributed by atoms with E-state index in [0.29, 0.717) is 33.9 Å². The van der Waals surface area contributed by atoms with E-state index in [9.17, 15) is 34.8 Å². The van der Waals surface area contributed by atoms with Crippen LogP contribution < -0.4 is 19.9 Å². The summed E-state index contributed by atoms with van der Waals surface area (Å²) in [6.07, 6.45) is -1.41. The minimum Gasteiger partial charge on any atom is -0.507 e. The zero-order chi connectivity index (χ0) is 30.8. The molecule has 2 aromatic rings. The number of amides is 1. The molecule has 0 saturated heterocycles. The van der Waals surface area contributed by atoms with Crippen LogP contribution in [-0.4, -0.2) is 96.0 Å². The number of fused-ring (bicyclic) bond motifs is 3. The molecule has 3 aliphatic carbocycles. The lowest BCUT2D eigenvalue weighted by molar-refractivity contribution is -0.184. The third kappa shape index (κ3) is 3.89. The Morgan fingerprint density at radius 2 is 1.64 bits per heavy atom. The van der Waals surface area contributed by atoms with Gasteiger partial charge in [-0.15, -0.1) is 0 Å². The van der Waals surface area contributed by atoms with Gasteiger partial charge in [0.15, 0.2) is 22.9 Å². The number of hydrogen-bond donors (Lipinski definition) is 5. The highest BCUT2D eigenvalue weighted by atomic mass is 16.5. The van der Waals surface area contributed by atoms with Crippen molar-refractivity contribution in [2.75, 3.05) is 35.4 Å². The Morgan fingerprint density at radius 3 is 2.21 bits per heavy atom. The van der Waals surface area contributed by atoms with E-state index < -0.39 is 58.7 Å². The van der Waals surface area contributed by atoms with E-state index in [1.165, 1.54) is 27.4 Å². The molecule has 2 fully saturated rings. The first kappa shape index (κ1) is 29.4. The minimum absolute atomic E-state index is 0.0103. The number of aliphatic hydroxyl groups is 3. The van der Waals surface area contributed by atoms with Crippen LogP contribution in [0.2, 0.25) is 0 Å². The molecule has 0 bridgehead atoms. The maximum atomic E-state index is 14.0. The molecule has 5 rings (SSSR count). The monoisotopic (exact) mass is 582 g/mol. The lowest BCUT2D eigenvalue weighted by Crippen LogP contribution is -2.73. The zero-order valence-corrected chi connectivity index (χ0v) is 23.9. The van der Waals surface area contributed by atoms with E-state index in [-0.39, 0.29) is 29.7 Å². The number of ketones is 2. The van der Waals surface area contributed by atoms with Crippen molar-refractivity contribution >= 4 is 23.2 Å². The smallest absolute Gasteiger partial charge is 0.230 e. The van der Waals surface area contributed by atoms with Gasteiger partial charge in [-0.2, -0.15) is 0 Å². The minimum atomic E-state index is -2.72. The van der Waals surface area contributed by atoms with E-state index in [1.807, 2.05) is 0 Å². The van der Waals surface area contributed by atoms with E-state index in [1.54, 1.807) is 37.2 Å². The summed E-state index contributed by atoms with van der Waals surface area (Å²) in [7, 11) is 7.63. The lowest BCUT2D eigenvalue weighted by atomic mass is 9.54. The van der Waals surface area contributed by atoms with Gasteiger partial charge < -0.3 is 45.3 Å². The summed E-state index contributed by atoms with van der Waals surface area (Å²) in [5.74, 6) is -6.86. The number of carbonyl (C=O) groups excluding carboxylic acids is 3. The van der Waals surface area contributed by atoms with Crippen LogP contribution in [0.1, 0.15) is 17.5 Å². The van der Waals surface area contributed by atoms with Crippen molar-refractivity contribution in [1.82, 2.24) is 4.90 Å². The molecule has 2 unspecified atom stereocenters. The molecule has 12 nitrogen and oxygen atoms in total. The fourth-order valence-electron chi connectivity index (χ4n) is 7.17. The number of likely N-dealkylation sites (N-methyl/N-ethyl adjacent to an activating group) is 1. The molecule has 0 heterocycles. The first-order valence-corrected chi connectivity index (χ1v) is 13.4. The first-order valence-electron chi connectivity index (χ1n) is 13.4. The number of phenols is 1. The number of hydrogen-bond acceptors (Lipinski definition) is 11. The van der Waals surface area contributed by atoms with Gasteiger partial charge in [0.25, 0.3) is 0 Å². The highest BCUT2D eigenvalue weighted by Gasteiger charge is 2.67. The predicted molar refractivity (Wildman–Crippen MR) is 149 cm³/mol. The fraction of sp³-hybridized carbons (Fsp3) is 0.433. The fourth-order valence-corrected chi connectivity index (χ4v) is 7.17. The Hall–Kier alpha value is -4.13. The normalized spacial score (nSPS) is 28.6. The second kappa shape index (κ2) is 10.3. The predicted octanol–water partition coefficient (Wildman–Crippen LogP) is 0.822. The molecule has 42 heavy (non-hydrogen) atoms. The molecule has 2 saturated carbocycles.